The summed E-state index contributed by atoms with van der Waals surface area (Å²) in [5.41, 5.74) is 5.19. The number of halogens is 2. The number of rotatable bonds is 4. The summed E-state index contributed by atoms with van der Waals surface area (Å²) < 4.78 is 27.2. The van der Waals surface area contributed by atoms with Crippen molar-refractivity contribution in [3.05, 3.63) is 47.0 Å². The molecule has 0 aliphatic carbocycles. The van der Waals surface area contributed by atoms with Crippen LogP contribution in [0, 0.1) is 34.3 Å². The summed E-state index contributed by atoms with van der Waals surface area (Å²) >= 11 is 0.887. The van der Waals surface area contributed by atoms with Crippen molar-refractivity contribution in [2.45, 2.75) is 17.2 Å². The molecule has 1 aromatic heterocycles. The molecule has 2 rings (SSSR count). The molecule has 0 unspecified atom stereocenters. The fourth-order valence-electron chi connectivity index (χ4n) is 1.83. The van der Waals surface area contributed by atoms with Crippen molar-refractivity contribution in [3.8, 4) is 12.1 Å². The lowest BCUT2D eigenvalue weighted by Gasteiger charge is -2.13. The average Bonchev–Trinajstić information content (AvgIpc) is 2.58. The Bertz CT molecular complexity index is 900. The van der Waals surface area contributed by atoms with Gasteiger partial charge in [-0.3, -0.25) is 4.79 Å². The summed E-state index contributed by atoms with van der Waals surface area (Å²) in [6, 6.07) is 8.17. The Morgan fingerprint density at radius 2 is 1.88 bits per heavy atom. The highest BCUT2D eigenvalue weighted by Crippen LogP contribution is 2.28. The van der Waals surface area contributed by atoms with Crippen LogP contribution in [-0.2, 0) is 4.79 Å². The zero-order valence-electron chi connectivity index (χ0n) is 12.9. The number of aromatic nitrogens is 1. The molecule has 2 aromatic rings. The first-order valence-electron chi connectivity index (χ1n) is 6.89. The van der Waals surface area contributed by atoms with Crippen molar-refractivity contribution >= 4 is 29.2 Å². The minimum Gasteiger partial charge on any atom is -0.383 e. The topological polar surface area (TPSA) is 116 Å². The van der Waals surface area contributed by atoms with Gasteiger partial charge in [0.15, 0.2) is 0 Å². The predicted molar refractivity (Wildman–Crippen MR) is 88.4 cm³/mol. The first-order chi connectivity index (χ1) is 11.9. The van der Waals surface area contributed by atoms with E-state index in [0.717, 1.165) is 23.9 Å². The predicted octanol–water partition coefficient (Wildman–Crippen LogP) is 2.80. The lowest BCUT2D eigenvalue weighted by Crippen LogP contribution is -2.24. The van der Waals surface area contributed by atoms with Gasteiger partial charge in [-0.25, -0.2) is 13.8 Å². The molecule has 1 atom stereocenters. The number of pyridine rings is 1. The van der Waals surface area contributed by atoms with E-state index in [2.05, 4.69) is 10.3 Å². The number of nitrogens with one attached hydrogen (secondary N) is 1. The molecule has 0 bridgehead atoms. The summed E-state index contributed by atoms with van der Waals surface area (Å²) in [6.07, 6.45) is 0. The smallest absolute Gasteiger partial charge is 0.237 e. The van der Waals surface area contributed by atoms with Crippen LogP contribution in [-0.4, -0.2) is 16.1 Å². The van der Waals surface area contributed by atoms with E-state index in [-0.39, 0.29) is 22.0 Å². The molecule has 0 fully saturated rings. The number of hydrogen-bond donors (Lipinski definition) is 2. The van der Waals surface area contributed by atoms with Gasteiger partial charge < -0.3 is 11.1 Å². The highest BCUT2D eigenvalue weighted by molar-refractivity contribution is 8.00. The van der Waals surface area contributed by atoms with Gasteiger partial charge in [-0.05, 0) is 25.1 Å². The van der Waals surface area contributed by atoms with Gasteiger partial charge in [0, 0.05) is 0 Å². The average molecular weight is 359 g/mol. The lowest BCUT2D eigenvalue weighted by molar-refractivity contribution is -0.115. The standard InChI is InChI=1S/C16H11F2N5OS/c1-8(15(24)22-13-11(17)3-2-4-12(13)18)25-16-10(7-20)5-9(6-19)14(21)23-16/h2-5,8H,1H3,(H2,21,23)(H,22,24)/t8-/m0/s1. The number of amides is 1. The Balaban J connectivity index is 2.21. The monoisotopic (exact) mass is 359 g/mol. The molecular weight excluding hydrogens is 348 g/mol. The Kier molecular flexibility index (Phi) is 5.52. The largest absolute Gasteiger partial charge is 0.383 e. The molecule has 0 saturated heterocycles. The third kappa shape index (κ3) is 4.03. The summed E-state index contributed by atoms with van der Waals surface area (Å²) in [7, 11) is 0. The molecule has 9 heteroatoms. The van der Waals surface area contributed by atoms with E-state index in [0.29, 0.717) is 0 Å². The van der Waals surface area contributed by atoms with Crippen LogP contribution in [0.2, 0.25) is 0 Å². The Hall–Kier alpha value is -3.17. The van der Waals surface area contributed by atoms with Crippen molar-refractivity contribution < 1.29 is 13.6 Å². The lowest BCUT2D eigenvalue weighted by atomic mass is 10.2. The molecule has 1 amide bonds. The summed E-state index contributed by atoms with van der Waals surface area (Å²) in [4.78, 5) is 16.1. The number of carbonyl (C=O) groups is 1. The van der Waals surface area contributed by atoms with Gasteiger partial charge in [-0.15, -0.1) is 0 Å². The van der Waals surface area contributed by atoms with E-state index >= 15 is 0 Å². The van der Waals surface area contributed by atoms with Gasteiger partial charge in [0.25, 0.3) is 0 Å². The molecule has 3 N–H and O–H groups in total. The quantitative estimate of drug-likeness (QED) is 0.811. The van der Waals surface area contributed by atoms with Gasteiger partial charge in [0.2, 0.25) is 5.91 Å². The Labute approximate surface area is 146 Å². The molecule has 0 radical (unpaired) electrons. The van der Waals surface area contributed by atoms with Gasteiger partial charge in [0.1, 0.15) is 40.3 Å². The molecule has 0 spiro atoms. The summed E-state index contributed by atoms with van der Waals surface area (Å²) in [6.45, 7) is 1.48. The number of nitrogen functional groups attached to an aromatic ring is 1. The van der Waals surface area contributed by atoms with Crippen LogP contribution in [0.3, 0.4) is 0 Å². The molecule has 6 nitrogen and oxygen atoms in total. The zero-order chi connectivity index (χ0) is 18.6. The number of thioether (sulfide) groups is 1. The maximum Gasteiger partial charge on any atom is 0.237 e. The van der Waals surface area contributed by atoms with Gasteiger partial charge >= 0.3 is 0 Å². The number of para-hydroxylation sites is 1. The molecule has 0 aliphatic rings. The highest BCUT2D eigenvalue weighted by Gasteiger charge is 2.21. The van der Waals surface area contributed by atoms with Gasteiger partial charge in [-0.2, -0.15) is 10.5 Å². The number of anilines is 2. The van der Waals surface area contributed by atoms with Gasteiger partial charge in [-0.1, -0.05) is 17.8 Å². The third-order valence-electron chi connectivity index (χ3n) is 3.13. The maximum atomic E-state index is 13.6. The maximum absolute atomic E-state index is 13.6. The van der Waals surface area contributed by atoms with Crippen molar-refractivity contribution in [1.29, 1.82) is 10.5 Å². The molecule has 1 heterocycles. The van der Waals surface area contributed by atoms with Crippen LogP contribution < -0.4 is 11.1 Å². The highest BCUT2D eigenvalue weighted by atomic mass is 32.2. The summed E-state index contributed by atoms with van der Waals surface area (Å²) in [5.74, 6) is -2.55. The zero-order valence-corrected chi connectivity index (χ0v) is 13.7. The molecule has 0 aliphatic heterocycles. The van der Waals surface area contributed by atoms with E-state index in [1.807, 2.05) is 12.1 Å². The number of carbonyl (C=O) groups excluding carboxylic acids is 1. The second-order valence-corrected chi connectivity index (χ2v) is 6.17. The number of benzene rings is 1. The minimum absolute atomic E-state index is 0.0476. The third-order valence-corrected chi connectivity index (χ3v) is 4.23. The van der Waals surface area contributed by atoms with E-state index in [4.69, 9.17) is 16.3 Å². The van der Waals surface area contributed by atoms with Crippen molar-refractivity contribution in [2.24, 2.45) is 0 Å². The Morgan fingerprint density at radius 3 is 2.44 bits per heavy atom. The summed E-state index contributed by atoms with van der Waals surface area (Å²) in [5, 5.41) is 19.5. The molecular formula is C16H11F2N5OS. The van der Waals surface area contributed by atoms with E-state index in [9.17, 15) is 13.6 Å². The molecule has 1 aromatic carbocycles. The van der Waals surface area contributed by atoms with E-state index in [1.165, 1.54) is 19.1 Å². The molecule has 126 valence electrons. The minimum atomic E-state index is -0.899. The van der Waals surface area contributed by atoms with Crippen molar-refractivity contribution in [2.75, 3.05) is 11.1 Å². The SMILES string of the molecule is C[C@H](Sc1nc(N)c(C#N)cc1C#N)C(=O)Nc1c(F)cccc1F. The second-order valence-electron chi connectivity index (χ2n) is 4.84. The number of nitrogens with two attached hydrogens (primary N) is 1. The fourth-order valence-corrected chi connectivity index (χ4v) is 2.72. The number of hydrogen-bond acceptors (Lipinski definition) is 6. The van der Waals surface area contributed by atoms with Crippen molar-refractivity contribution in [1.82, 2.24) is 4.98 Å². The van der Waals surface area contributed by atoms with Gasteiger partial charge in [0.05, 0.1) is 16.4 Å². The van der Waals surface area contributed by atoms with Crippen LogP contribution in [0.4, 0.5) is 20.3 Å². The normalized spacial score (nSPS) is 11.2. The first kappa shape index (κ1) is 18.2. The van der Waals surface area contributed by atoms with Crippen LogP contribution in [0.15, 0.2) is 29.3 Å². The second kappa shape index (κ2) is 7.60. The molecule has 25 heavy (non-hydrogen) atoms. The molecule has 0 saturated carbocycles. The Morgan fingerprint density at radius 1 is 1.28 bits per heavy atom. The first-order valence-corrected chi connectivity index (χ1v) is 7.77. The van der Waals surface area contributed by atoms with Crippen molar-refractivity contribution in [3.63, 3.8) is 0 Å². The van der Waals surface area contributed by atoms with E-state index in [1.54, 1.807) is 0 Å². The number of nitriles is 2. The number of nitrogens with zero attached hydrogens (tertiary/aromatic N) is 3. The fraction of sp³-hybridized carbons (Fsp3) is 0.125. The van der Waals surface area contributed by atoms with E-state index < -0.39 is 28.5 Å². The van der Waals surface area contributed by atoms with Crippen LogP contribution in [0.5, 0.6) is 0 Å². The van der Waals surface area contributed by atoms with Crippen LogP contribution in [0.25, 0.3) is 0 Å². The van der Waals surface area contributed by atoms with Crippen LogP contribution in [0.1, 0.15) is 18.1 Å². The van der Waals surface area contributed by atoms with Crippen LogP contribution >= 0.6 is 11.8 Å².